The molecule has 0 aliphatic heterocycles. The molecule has 0 bridgehead atoms. The van der Waals surface area contributed by atoms with Crippen LogP contribution in [0.2, 0.25) is 0 Å². The van der Waals surface area contributed by atoms with Gasteiger partial charge in [-0.1, -0.05) is 115 Å². The van der Waals surface area contributed by atoms with Crippen LogP contribution >= 0.6 is 0 Å². The highest BCUT2D eigenvalue weighted by atomic mass is 16.3. The molecule has 5 nitrogen and oxygen atoms in total. The zero-order valence-corrected chi connectivity index (χ0v) is 23.6. The van der Waals surface area contributed by atoms with E-state index in [1.54, 1.807) is 0 Å². The van der Waals surface area contributed by atoms with Gasteiger partial charge < -0.3 is 8.83 Å². The Kier molecular flexibility index (Phi) is 5.56. The molecular weight excluding hydrogens is 542 g/mol. The van der Waals surface area contributed by atoms with Crippen molar-refractivity contribution in [2.24, 2.45) is 0 Å². The monoisotopic (exact) mass is 567 g/mol. The molecule has 0 spiro atoms. The van der Waals surface area contributed by atoms with Crippen molar-refractivity contribution in [3.63, 3.8) is 0 Å². The van der Waals surface area contributed by atoms with Crippen molar-refractivity contribution in [3.8, 4) is 22.8 Å². The van der Waals surface area contributed by atoms with Crippen LogP contribution in [0.15, 0.2) is 142 Å². The molecule has 0 N–H and O–H groups in total. The number of aromatic nitrogens is 3. The molecule has 1 atom stereocenters. The maximum atomic E-state index is 6.61. The Hall–Kier alpha value is -5.81. The Labute approximate surface area is 253 Å². The van der Waals surface area contributed by atoms with E-state index >= 15 is 0 Å². The van der Waals surface area contributed by atoms with Crippen molar-refractivity contribution in [3.05, 3.63) is 156 Å². The Balaban J connectivity index is 1.30. The summed E-state index contributed by atoms with van der Waals surface area (Å²) in [5.74, 6) is 2.83. The summed E-state index contributed by atoms with van der Waals surface area (Å²) in [5, 5.41) is 3.27. The summed E-state index contributed by atoms with van der Waals surface area (Å²) >= 11 is 0. The van der Waals surface area contributed by atoms with Crippen LogP contribution < -0.4 is 0 Å². The van der Waals surface area contributed by atoms with Gasteiger partial charge >= 0.3 is 0 Å². The molecule has 0 fully saturated rings. The topological polar surface area (TPSA) is 65.0 Å². The number of nitrogens with zero attached hydrogens (tertiary/aromatic N) is 3. The molecule has 9 rings (SSSR count). The van der Waals surface area contributed by atoms with Crippen LogP contribution in [0.1, 0.15) is 28.6 Å². The molecule has 3 aromatic heterocycles. The minimum Gasteiger partial charge on any atom is -0.456 e. The zero-order valence-electron chi connectivity index (χ0n) is 23.6. The predicted octanol–water partition coefficient (Wildman–Crippen LogP) is 9.62. The molecule has 44 heavy (non-hydrogen) atoms. The SMILES string of the molecule is C1=C(c2cccc3oc4ccccc4c23)c2oc3ccccc3c2CC1c1nc(-c2ccccc2)nc(-c2ccccc2)n1. The second kappa shape index (κ2) is 9.89. The number of rotatable bonds is 4. The highest BCUT2D eigenvalue weighted by Gasteiger charge is 2.31. The lowest BCUT2D eigenvalue weighted by Gasteiger charge is -2.21. The van der Waals surface area contributed by atoms with E-state index in [9.17, 15) is 0 Å². The molecular formula is C39H25N3O2. The highest BCUT2D eigenvalue weighted by molar-refractivity contribution is 6.12. The van der Waals surface area contributed by atoms with Crippen molar-refractivity contribution in [2.45, 2.75) is 12.3 Å². The number of furan rings is 2. The van der Waals surface area contributed by atoms with Crippen LogP contribution in [-0.4, -0.2) is 15.0 Å². The summed E-state index contributed by atoms with van der Waals surface area (Å²) < 4.78 is 12.9. The second-order valence-electron chi connectivity index (χ2n) is 11.1. The molecule has 5 aromatic carbocycles. The Morgan fingerprint density at radius 3 is 1.82 bits per heavy atom. The van der Waals surface area contributed by atoms with E-state index < -0.39 is 0 Å². The van der Waals surface area contributed by atoms with E-state index in [2.05, 4.69) is 42.5 Å². The Bertz CT molecular complexity index is 2310. The summed E-state index contributed by atoms with van der Waals surface area (Å²) in [7, 11) is 0. The molecule has 208 valence electrons. The van der Waals surface area contributed by atoms with Crippen LogP contribution in [0.3, 0.4) is 0 Å². The van der Waals surface area contributed by atoms with Crippen molar-refractivity contribution < 1.29 is 8.83 Å². The van der Waals surface area contributed by atoms with Gasteiger partial charge in [0.2, 0.25) is 0 Å². The van der Waals surface area contributed by atoms with Crippen LogP contribution in [0.5, 0.6) is 0 Å². The smallest absolute Gasteiger partial charge is 0.163 e. The van der Waals surface area contributed by atoms with Crippen LogP contribution in [-0.2, 0) is 6.42 Å². The third-order valence-electron chi connectivity index (χ3n) is 8.48. The molecule has 3 heterocycles. The minimum atomic E-state index is -0.111. The van der Waals surface area contributed by atoms with Gasteiger partial charge in [0, 0.05) is 44.3 Å². The van der Waals surface area contributed by atoms with Crippen LogP contribution in [0.4, 0.5) is 0 Å². The maximum Gasteiger partial charge on any atom is 0.163 e. The predicted molar refractivity (Wildman–Crippen MR) is 174 cm³/mol. The van der Waals surface area contributed by atoms with Gasteiger partial charge in [-0.2, -0.15) is 0 Å². The third kappa shape index (κ3) is 3.97. The Morgan fingerprint density at radius 1 is 0.523 bits per heavy atom. The number of hydrogen-bond donors (Lipinski definition) is 0. The molecule has 0 amide bonds. The molecule has 1 aliphatic rings. The van der Waals surface area contributed by atoms with E-state index in [-0.39, 0.29) is 5.92 Å². The highest BCUT2D eigenvalue weighted by Crippen LogP contribution is 2.45. The quantitative estimate of drug-likeness (QED) is 0.212. The summed E-state index contributed by atoms with van der Waals surface area (Å²) in [4.78, 5) is 15.1. The van der Waals surface area contributed by atoms with Crippen molar-refractivity contribution >= 4 is 38.5 Å². The third-order valence-corrected chi connectivity index (χ3v) is 8.48. The minimum absolute atomic E-state index is 0.111. The molecule has 0 saturated heterocycles. The summed E-state index contributed by atoms with van der Waals surface area (Å²) in [6.07, 6.45) is 2.99. The van der Waals surface area contributed by atoms with E-state index in [0.29, 0.717) is 18.1 Å². The first kappa shape index (κ1) is 24.8. The van der Waals surface area contributed by atoms with E-state index in [1.807, 2.05) is 91.0 Å². The number of fused-ring (bicyclic) bond motifs is 6. The first-order chi connectivity index (χ1) is 21.8. The average Bonchev–Trinajstić information content (AvgIpc) is 3.67. The van der Waals surface area contributed by atoms with Gasteiger partial charge in [-0.25, -0.2) is 15.0 Å². The first-order valence-corrected chi connectivity index (χ1v) is 14.8. The van der Waals surface area contributed by atoms with Crippen molar-refractivity contribution in [2.75, 3.05) is 0 Å². The molecule has 0 saturated carbocycles. The van der Waals surface area contributed by atoms with Gasteiger partial charge in [-0.05, 0) is 30.2 Å². The fourth-order valence-electron chi connectivity index (χ4n) is 6.44. The zero-order chi connectivity index (χ0) is 29.0. The van der Waals surface area contributed by atoms with Gasteiger partial charge in [0.15, 0.2) is 11.6 Å². The fourth-order valence-corrected chi connectivity index (χ4v) is 6.44. The summed E-state index contributed by atoms with van der Waals surface area (Å²) in [6.45, 7) is 0. The van der Waals surface area contributed by atoms with Gasteiger partial charge in [-0.3, -0.25) is 0 Å². The summed E-state index contributed by atoms with van der Waals surface area (Å²) in [5.41, 5.74) is 7.75. The number of benzene rings is 5. The van der Waals surface area contributed by atoms with Gasteiger partial charge in [0.05, 0.1) is 0 Å². The summed E-state index contributed by atoms with van der Waals surface area (Å²) in [6, 6.07) is 43.0. The van der Waals surface area contributed by atoms with E-state index in [0.717, 1.165) is 72.3 Å². The van der Waals surface area contributed by atoms with Crippen LogP contribution in [0.25, 0.3) is 61.3 Å². The molecule has 5 heteroatoms. The van der Waals surface area contributed by atoms with Gasteiger partial charge in [0.1, 0.15) is 28.3 Å². The number of para-hydroxylation sites is 2. The lowest BCUT2D eigenvalue weighted by atomic mass is 9.83. The number of allylic oxidation sites excluding steroid dienone is 1. The Morgan fingerprint density at radius 2 is 1.11 bits per heavy atom. The van der Waals surface area contributed by atoms with Crippen molar-refractivity contribution in [1.29, 1.82) is 0 Å². The lowest BCUT2D eigenvalue weighted by Crippen LogP contribution is -2.13. The van der Waals surface area contributed by atoms with Crippen LogP contribution in [0, 0.1) is 0 Å². The van der Waals surface area contributed by atoms with Crippen molar-refractivity contribution in [1.82, 2.24) is 15.0 Å². The van der Waals surface area contributed by atoms with Gasteiger partial charge in [0.25, 0.3) is 0 Å². The molecule has 0 radical (unpaired) electrons. The largest absolute Gasteiger partial charge is 0.456 e. The standard InChI is InChI=1S/C39H25N3O2/c1-3-12-24(13-4-1)37-40-38(25-14-5-2-6-15-25)42-39(41-37)26-22-30-27-16-7-9-19-32(27)44-36(30)31(23-26)28-18-11-21-34-35(28)29-17-8-10-20-33(29)43-34/h1-21,23,26H,22H2. The van der Waals surface area contributed by atoms with Gasteiger partial charge in [-0.15, -0.1) is 0 Å². The van der Waals surface area contributed by atoms with E-state index in [4.69, 9.17) is 23.8 Å². The second-order valence-corrected chi connectivity index (χ2v) is 11.1. The first-order valence-electron chi connectivity index (χ1n) is 14.8. The molecule has 8 aromatic rings. The normalized spacial score (nSPS) is 14.6. The fraction of sp³-hybridized carbons (Fsp3) is 0.0513. The molecule has 1 unspecified atom stereocenters. The average molecular weight is 568 g/mol. The van der Waals surface area contributed by atoms with E-state index in [1.165, 1.54) is 0 Å². The lowest BCUT2D eigenvalue weighted by molar-refractivity contribution is 0.585. The number of hydrogen-bond acceptors (Lipinski definition) is 5. The maximum absolute atomic E-state index is 6.61. The molecule has 1 aliphatic carbocycles.